The Morgan fingerprint density at radius 1 is 0.476 bits per heavy atom. The molecule has 0 aliphatic carbocycles. The quantitative estimate of drug-likeness (QED) is 0.149. The number of hydrogen-bond acceptors (Lipinski definition) is 1. The van der Waals surface area contributed by atoms with Gasteiger partial charge < -0.3 is 0 Å². The Kier molecular flexibility index (Phi) is 20.2. The van der Waals surface area contributed by atoms with E-state index in [1.807, 2.05) is 6.08 Å². The average Bonchev–Trinajstić information content (AvgIpc) is 2.50. The fraction of sp³-hybridized carbons (Fsp3) is 0.900. The van der Waals surface area contributed by atoms with Gasteiger partial charge in [0, 0.05) is 0 Å². The van der Waals surface area contributed by atoms with E-state index in [9.17, 15) is 0 Å². The maximum atomic E-state index is 4.25. The lowest BCUT2D eigenvalue weighted by Gasteiger charge is -2.03. The van der Waals surface area contributed by atoms with Gasteiger partial charge >= 0.3 is 0 Å². The minimum absolute atomic E-state index is 1.06. The third-order valence-corrected chi connectivity index (χ3v) is 4.63. The molecule has 0 N–H and O–H groups in total. The van der Waals surface area contributed by atoms with Gasteiger partial charge in [0.1, 0.15) is 0 Å². The first-order valence-corrected chi connectivity index (χ1v) is 10.3. The number of rotatable bonds is 18. The molecule has 0 spiro atoms. The molecule has 0 fully saturated rings. The van der Waals surface area contributed by atoms with E-state index in [-0.39, 0.29) is 0 Å². The van der Waals surface area contributed by atoms with E-state index in [1.165, 1.54) is 109 Å². The van der Waals surface area contributed by atoms with Crippen LogP contribution < -0.4 is 0 Å². The lowest BCUT2D eigenvalue weighted by atomic mass is 10.0. The lowest BCUT2D eigenvalue weighted by Crippen LogP contribution is -1.84. The molecule has 0 radical (unpaired) electrons. The largest absolute Gasteiger partial charge is 0.179 e. The van der Waals surface area contributed by atoms with E-state index in [1.54, 1.807) is 0 Å². The van der Waals surface area contributed by atoms with Crippen molar-refractivity contribution in [2.75, 3.05) is 5.75 Å². The number of unbranched alkanes of at least 4 members (excludes halogenated alkanes) is 16. The van der Waals surface area contributed by atoms with Crippen molar-refractivity contribution in [1.29, 1.82) is 0 Å². The summed E-state index contributed by atoms with van der Waals surface area (Å²) in [4.78, 5) is 0. The van der Waals surface area contributed by atoms with Crippen LogP contribution in [0.5, 0.6) is 0 Å². The van der Waals surface area contributed by atoms with Crippen molar-refractivity contribution in [3.8, 4) is 0 Å². The van der Waals surface area contributed by atoms with Gasteiger partial charge in [0.05, 0.1) is 0 Å². The summed E-state index contributed by atoms with van der Waals surface area (Å²) in [6, 6.07) is 0. The molecule has 21 heavy (non-hydrogen) atoms. The van der Waals surface area contributed by atoms with Crippen LogP contribution in [0.25, 0.3) is 0 Å². The van der Waals surface area contributed by atoms with Crippen molar-refractivity contribution in [3.05, 3.63) is 12.7 Å². The molecule has 0 aromatic carbocycles. The van der Waals surface area contributed by atoms with Crippen molar-refractivity contribution >= 4 is 12.6 Å². The Labute approximate surface area is 140 Å². The zero-order valence-corrected chi connectivity index (χ0v) is 15.4. The topological polar surface area (TPSA) is 0 Å². The molecule has 0 atom stereocenters. The molecule has 0 heterocycles. The van der Waals surface area contributed by atoms with Crippen LogP contribution in [0.1, 0.15) is 109 Å². The second kappa shape index (κ2) is 20.1. The van der Waals surface area contributed by atoms with Crippen molar-refractivity contribution < 1.29 is 0 Å². The van der Waals surface area contributed by atoms with E-state index in [0.717, 1.165) is 5.75 Å². The zero-order chi connectivity index (χ0) is 15.4. The monoisotopic (exact) mass is 312 g/mol. The molecule has 0 bridgehead atoms. The molecule has 0 unspecified atom stereocenters. The van der Waals surface area contributed by atoms with Gasteiger partial charge in [-0.2, -0.15) is 12.6 Å². The Morgan fingerprint density at radius 3 is 1.05 bits per heavy atom. The first-order valence-electron chi connectivity index (χ1n) is 9.63. The normalized spacial score (nSPS) is 10.9. The van der Waals surface area contributed by atoms with Gasteiger partial charge in [-0.25, -0.2) is 0 Å². The molecular formula is C20H40S. The maximum Gasteiger partial charge on any atom is -0.00979 e. The maximum absolute atomic E-state index is 4.25. The number of allylic oxidation sites excluding steroid dienone is 1. The first-order chi connectivity index (χ1) is 10.4. The predicted octanol–water partition coefficient (Wildman–Crippen LogP) is 7.73. The first kappa shape index (κ1) is 21.1. The van der Waals surface area contributed by atoms with Crippen molar-refractivity contribution in [2.45, 2.75) is 109 Å². The zero-order valence-electron chi connectivity index (χ0n) is 14.5. The smallest absolute Gasteiger partial charge is 0.00979 e. The summed E-state index contributed by atoms with van der Waals surface area (Å²) in [7, 11) is 0. The van der Waals surface area contributed by atoms with Gasteiger partial charge in [-0.15, -0.1) is 6.58 Å². The summed E-state index contributed by atoms with van der Waals surface area (Å²) in [6.07, 6.45) is 26.1. The lowest BCUT2D eigenvalue weighted by molar-refractivity contribution is 0.530. The van der Waals surface area contributed by atoms with Crippen LogP contribution in [0.15, 0.2) is 12.7 Å². The van der Waals surface area contributed by atoms with Gasteiger partial charge in [0.15, 0.2) is 0 Å². The van der Waals surface area contributed by atoms with Crippen LogP contribution in [0, 0.1) is 0 Å². The molecule has 0 aromatic heterocycles. The molecule has 0 amide bonds. The van der Waals surface area contributed by atoms with Crippen molar-refractivity contribution in [2.24, 2.45) is 0 Å². The third-order valence-electron chi connectivity index (χ3n) is 4.32. The highest BCUT2D eigenvalue weighted by Crippen LogP contribution is 2.14. The van der Waals surface area contributed by atoms with Gasteiger partial charge in [-0.1, -0.05) is 96.0 Å². The summed E-state index contributed by atoms with van der Waals surface area (Å²) in [5.74, 6) is 1.06. The molecule has 126 valence electrons. The van der Waals surface area contributed by atoms with E-state index < -0.39 is 0 Å². The minimum atomic E-state index is 1.06. The summed E-state index contributed by atoms with van der Waals surface area (Å²) < 4.78 is 0. The molecular weight excluding hydrogens is 272 g/mol. The van der Waals surface area contributed by atoms with E-state index >= 15 is 0 Å². The Balaban J connectivity index is 2.91. The highest BCUT2D eigenvalue weighted by molar-refractivity contribution is 7.80. The summed E-state index contributed by atoms with van der Waals surface area (Å²) >= 11 is 4.25. The van der Waals surface area contributed by atoms with E-state index in [2.05, 4.69) is 19.2 Å². The fourth-order valence-corrected chi connectivity index (χ4v) is 3.10. The molecule has 0 rings (SSSR count). The van der Waals surface area contributed by atoms with Crippen LogP contribution in [-0.4, -0.2) is 5.75 Å². The Morgan fingerprint density at radius 2 is 0.762 bits per heavy atom. The highest BCUT2D eigenvalue weighted by Gasteiger charge is 1.94. The van der Waals surface area contributed by atoms with E-state index in [0.29, 0.717) is 0 Å². The molecule has 0 aliphatic heterocycles. The van der Waals surface area contributed by atoms with Crippen molar-refractivity contribution in [3.63, 3.8) is 0 Å². The van der Waals surface area contributed by atoms with Gasteiger partial charge in [0.25, 0.3) is 0 Å². The molecule has 0 nitrogen and oxygen atoms in total. The number of hydrogen-bond donors (Lipinski definition) is 1. The predicted molar refractivity (Wildman–Crippen MR) is 103 cm³/mol. The van der Waals surface area contributed by atoms with Gasteiger partial charge in [0.2, 0.25) is 0 Å². The molecule has 1 heteroatoms. The molecule has 0 saturated carbocycles. The third kappa shape index (κ3) is 20.1. The van der Waals surface area contributed by atoms with Crippen LogP contribution in [0.4, 0.5) is 0 Å². The van der Waals surface area contributed by atoms with Crippen LogP contribution in [-0.2, 0) is 0 Å². The van der Waals surface area contributed by atoms with E-state index in [4.69, 9.17) is 0 Å². The van der Waals surface area contributed by atoms with Crippen LogP contribution in [0.2, 0.25) is 0 Å². The Hall–Kier alpha value is 0.0900. The second-order valence-electron chi connectivity index (χ2n) is 6.46. The van der Waals surface area contributed by atoms with Crippen LogP contribution in [0.3, 0.4) is 0 Å². The minimum Gasteiger partial charge on any atom is -0.179 e. The number of thiol groups is 1. The highest BCUT2D eigenvalue weighted by atomic mass is 32.1. The summed E-state index contributed by atoms with van der Waals surface area (Å²) in [5.41, 5.74) is 0. The fourth-order valence-electron chi connectivity index (χ4n) is 2.88. The van der Waals surface area contributed by atoms with Gasteiger partial charge in [-0.3, -0.25) is 0 Å². The van der Waals surface area contributed by atoms with Crippen LogP contribution >= 0.6 is 12.6 Å². The molecule has 0 saturated heterocycles. The van der Waals surface area contributed by atoms with Crippen molar-refractivity contribution in [1.82, 2.24) is 0 Å². The summed E-state index contributed by atoms with van der Waals surface area (Å²) in [5, 5.41) is 0. The standard InChI is InChI=1S/C20H40S/c1-2-3-4-5-6-7-8-9-10-11-12-13-14-15-16-17-18-19-20-21/h2,21H,1,3-20H2. The molecule has 0 aromatic rings. The summed E-state index contributed by atoms with van der Waals surface area (Å²) in [6.45, 7) is 3.77. The van der Waals surface area contributed by atoms with Gasteiger partial charge in [-0.05, 0) is 25.0 Å². The average molecular weight is 313 g/mol. The molecule has 0 aliphatic rings. The Bertz CT molecular complexity index is 188. The SMILES string of the molecule is C=CCCCCCCCCCCCCCCCCCCS. The second-order valence-corrected chi connectivity index (χ2v) is 6.91.